The number of rotatable bonds is 6. The number of anilines is 1. The van der Waals surface area contributed by atoms with Crippen molar-refractivity contribution in [3.05, 3.63) is 61.1 Å². The summed E-state index contributed by atoms with van der Waals surface area (Å²) in [6.45, 7) is 7.43. The summed E-state index contributed by atoms with van der Waals surface area (Å²) >= 11 is 0. The number of amides is 1. The molecular weight excluding hydrogens is 485 g/mol. The van der Waals surface area contributed by atoms with Crippen LogP contribution < -0.4 is 9.64 Å². The molecular formula is C29H30FN5O3. The highest BCUT2D eigenvalue weighted by atomic mass is 19.1. The van der Waals surface area contributed by atoms with Gasteiger partial charge in [0, 0.05) is 43.2 Å². The van der Waals surface area contributed by atoms with Gasteiger partial charge in [-0.05, 0) is 56.3 Å². The number of aromatic nitrogens is 2. The minimum atomic E-state index is -0.313. The molecule has 0 N–H and O–H groups in total. The lowest BCUT2D eigenvalue weighted by Crippen LogP contribution is -2.48. The van der Waals surface area contributed by atoms with Crippen molar-refractivity contribution in [2.75, 3.05) is 51.3 Å². The molecule has 0 aliphatic carbocycles. The molecule has 196 valence electrons. The summed E-state index contributed by atoms with van der Waals surface area (Å²) in [6, 6.07) is 11.0. The van der Waals surface area contributed by atoms with Crippen LogP contribution in [-0.2, 0) is 4.79 Å². The quantitative estimate of drug-likeness (QED) is 0.350. The summed E-state index contributed by atoms with van der Waals surface area (Å²) in [7, 11) is 2.10. The summed E-state index contributed by atoms with van der Waals surface area (Å²) in [6.07, 6.45) is 5.17. The lowest BCUT2D eigenvalue weighted by Gasteiger charge is -2.35. The second-order valence-corrected chi connectivity index (χ2v) is 9.90. The van der Waals surface area contributed by atoms with Gasteiger partial charge in [0.05, 0.1) is 17.2 Å². The third-order valence-electron chi connectivity index (χ3n) is 7.67. The molecule has 2 aromatic heterocycles. The number of nitrogens with zero attached hydrogens (tertiary/aromatic N) is 5. The number of piperazine rings is 1. The Bertz CT molecular complexity index is 1510. The Kier molecular flexibility index (Phi) is 6.45. The number of carbonyl (C=O) groups is 1. The van der Waals surface area contributed by atoms with E-state index < -0.39 is 0 Å². The van der Waals surface area contributed by atoms with Crippen molar-refractivity contribution < 1.29 is 18.3 Å². The Morgan fingerprint density at radius 3 is 2.71 bits per heavy atom. The molecule has 0 bridgehead atoms. The zero-order valence-corrected chi connectivity index (χ0v) is 21.4. The summed E-state index contributed by atoms with van der Waals surface area (Å²) < 4.78 is 27.0. The monoisotopic (exact) mass is 515 g/mol. The molecule has 0 unspecified atom stereocenters. The fourth-order valence-corrected chi connectivity index (χ4v) is 5.52. The Morgan fingerprint density at radius 1 is 1.16 bits per heavy atom. The van der Waals surface area contributed by atoms with Gasteiger partial charge in [0.1, 0.15) is 23.8 Å². The summed E-state index contributed by atoms with van der Waals surface area (Å²) in [5.41, 5.74) is 2.40. The molecule has 2 aliphatic rings. The molecule has 1 atom stereocenters. The van der Waals surface area contributed by atoms with Crippen molar-refractivity contribution in [2.24, 2.45) is 0 Å². The molecule has 6 rings (SSSR count). The Balaban J connectivity index is 1.46. The average Bonchev–Trinajstić information content (AvgIpc) is 3.60. The smallest absolute Gasteiger partial charge is 0.319 e. The number of benzene rings is 2. The number of furan rings is 1. The minimum Gasteiger partial charge on any atom is -0.463 e. The van der Waals surface area contributed by atoms with Gasteiger partial charge in [-0.3, -0.25) is 4.79 Å². The molecule has 1 amide bonds. The zero-order valence-electron chi connectivity index (χ0n) is 21.4. The van der Waals surface area contributed by atoms with E-state index in [0.717, 1.165) is 30.2 Å². The van der Waals surface area contributed by atoms with Crippen molar-refractivity contribution in [3.63, 3.8) is 0 Å². The van der Waals surface area contributed by atoms with Gasteiger partial charge in [-0.1, -0.05) is 24.8 Å². The van der Waals surface area contributed by atoms with Crippen LogP contribution in [-0.4, -0.2) is 78.1 Å². The highest BCUT2D eigenvalue weighted by Crippen LogP contribution is 2.40. The van der Waals surface area contributed by atoms with E-state index in [0.29, 0.717) is 66.9 Å². The van der Waals surface area contributed by atoms with E-state index in [1.54, 1.807) is 23.3 Å². The third-order valence-corrected chi connectivity index (χ3v) is 7.67. The maximum absolute atomic E-state index is 14.9. The first-order valence-electron chi connectivity index (χ1n) is 13.0. The second kappa shape index (κ2) is 10.1. The first kappa shape index (κ1) is 24.4. The SMILES string of the molecule is C=CC(=O)N1CCN(c2nc(OC[C@@H]3CCCN3C)nc3cc(-c4ccccc4F)c4ccoc4c23)CC1. The number of hydrogen-bond acceptors (Lipinski definition) is 7. The lowest BCUT2D eigenvalue weighted by molar-refractivity contribution is -0.126. The number of ether oxygens (including phenoxy) is 1. The molecule has 0 radical (unpaired) electrons. The first-order chi connectivity index (χ1) is 18.5. The van der Waals surface area contributed by atoms with Crippen LogP contribution in [0.15, 0.2) is 59.7 Å². The van der Waals surface area contributed by atoms with Gasteiger partial charge < -0.3 is 23.9 Å². The van der Waals surface area contributed by atoms with Crippen LogP contribution in [0.5, 0.6) is 6.01 Å². The van der Waals surface area contributed by atoms with Crippen LogP contribution in [0.25, 0.3) is 33.0 Å². The number of likely N-dealkylation sites (N-methyl/N-ethyl adjacent to an activating group) is 1. The lowest BCUT2D eigenvalue weighted by atomic mass is 9.99. The van der Waals surface area contributed by atoms with Crippen molar-refractivity contribution in [3.8, 4) is 17.1 Å². The van der Waals surface area contributed by atoms with Crippen LogP contribution in [0.2, 0.25) is 0 Å². The summed E-state index contributed by atoms with van der Waals surface area (Å²) in [5, 5.41) is 1.54. The topological polar surface area (TPSA) is 74.9 Å². The Labute approximate surface area is 220 Å². The van der Waals surface area contributed by atoms with Crippen LogP contribution in [0.3, 0.4) is 0 Å². The molecule has 4 aromatic rings. The van der Waals surface area contributed by atoms with Crippen molar-refractivity contribution in [2.45, 2.75) is 18.9 Å². The number of carbonyl (C=O) groups excluding carboxylic acids is 1. The normalized spacial score (nSPS) is 18.4. The average molecular weight is 516 g/mol. The third kappa shape index (κ3) is 4.36. The number of fused-ring (bicyclic) bond motifs is 3. The highest BCUT2D eigenvalue weighted by molar-refractivity contribution is 6.14. The van der Waals surface area contributed by atoms with Gasteiger partial charge in [-0.15, -0.1) is 0 Å². The maximum Gasteiger partial charge on any atom is 0.319 e. The van der Waals surface area contributed by atoms with Crippen LogP contribution in [0.4, 0.5) is 10.2 Å². The second-order valence-electron chi connectivity index (χ2n) is 9.90. The van der Waals surface area contributed by atoms with Gasteiger partial charge in [0.15, 0.2) is 0 Å². The predicted octanol–water partition coefficient (Wildman–Crippen LogP) is 4.49. The van der Waals surface area contributed by atoms with Crippen molar-refractivity contribution in [1.29, 1.82) is 0 Å². The molecule has 0 spiro atoms. The van der Waals surface area contributed by atoms with Crippen LogP contribution in [0, 0.1) is 5.82 Å². The predicted molar refractivity (Wildman–Crippen MR) is 145 cm³/mol. The molecule has 4 heterocycles. The van der Waals surface area contributed by atoms with Crippen molar-refractivity contribution in [1.82, 2.24) is 19.8 Å². The molecule has 0 saturated carbocycles. The Morgan fingerprint density at radius 2 is 1.97 bits per heavy atom. The molecule has 2 fully saturated rings. The summed E-state index contributed by atoms with van der Waals surface area (Å²) in [4.78, 5) is 28.0. The van der Waals surface area contributed by atoms with E-state index in [1.165, 1.54) is 12.1 Å². The minimum absolute atomic E-state index is 0.0788. The van der Waals surface area contributed by atoms with E-state index in [2.05, 4.69) is 23.4 Å². The maximum atomic E-state index is 14.9. The number of hydrogen-bond donors (Lipinski definition) is 0. The van der Waals surface area contributed by atoms with E-state index in [1.807, 2.05) is 18.2 Å². The molecule has 38 heavy (non-hydrogen) atoms. The molecule has 9 heteroatoms. The van der Waals surface area contributed by atoms with Crippen molar-refractivity contribution >= 4 is 33.6 Å². The van der Waals surface area contributed by atoms with Gasteiger partial charge >= 0.3 is 6.01 Å². The standard InChI is InChI=1S/C29H30FN5O3/c1-3-25(36)34-12-14-35(15-13-34)28-26-24(31-29(32-28)38-18-19-7-6-11-33(19)2)17-22(21-10-16-37-27(21)26)20-8-4-5-9-23(20)30/h3-5,8-10,16-17,19H,1,6-7,11-15,18H2,2H3/t19-/m0/s1. The Hall–Kier alpha value is -3.98. The molecule has 2 saturated heterocycles. The van der Waals surface area contributed by atoms with Gasteiger partial charge in [-0.25, -0.2) is 4.39 Å². The van der Waals surface area contributed by atoms with E-state index in [4.69, 9.17) is 19.1 Å². The summed E-state index contributed by atoms with van der Waals surface area (Å²) in [5.74, 6) is 0.299. The zero-order chi connectivity index (χ0) is 26.2. The van der Waals surface area contributed by atoms with Crippen LogP contribution in [0.1, 0.15) is 12.8 Å². The fourth-order valence-electron chi connectivity index (χ4n) is 5.52. The van der Waals surface area contributed by atoms with Gasteiger partial charge in [-0.2, -0.15) is 9.97 Å². The molecule has 2 aliphatic heterocycles. The number of likely N-dealkylation sites (tertiary alicyclic amines) is 1. The number of halogens is 1. The highest BCUT2D eigenvalue weighted by Gasteiger charge is 2.27. The van der Waals surface area contributed by atoms with Crippen LogP contribution >= 0.6 is 0 Å². The van der Waals surface area contributed by atoms with Gasteiger partial charge in [0.25, 0.3) is 0 Å². The van der Waals surface area contributed by atoms with E-state index >= 15 is 0 Å². The molecule has 2 aromatic carbocycles. The van der Waals surface area contributed by atoms with Gasteiger partial charge in [0.2, 0.25) is 5.91 Å². The van der Waals surface area contributed by atoms with E-state index in [9.17, 15) is 9.18 Å². The first-order valence-corrected chi connectivity index (χ1v) is 13.0. The largest absolute Gasteiger partial charge is 0.463 e. The van der Waals surface area contributed by atoms with E-state index in [-0.39, 0.29) is 17.7 Å². The molecule has 8 nitrogen and oxygen atoms in total. The fraction of sp³-hybridized carbons (Fsp3) is 0.345.